The van der Waals surface area contributed by atoms with Crippen molar-refractivity contribution in [1.82, 2.24) is 20.0 Å². The van der Waals surface area contributed by atoms with Gasteiger partial charge in [-0.2, -0.15) is 0 Å². The minimum atomic E-state index is -0.220. The van der Waals surface area contributed by atoms with E-state index in [4.69, 9.17) is 9.47 Å². The summed E-state index contributed by atoms with van der Waals surface area (Å²) in [6, 6.07) is 8.32. The van der Waals surface area contributed by atoms with E-state index in [0.29, 0.717) is 19.7 Å². The van der Waals surface area contributed by atoms with Gasteiger partial charge >= 0.3 is 6.09 Å². The number of halogens is 1. The first kappa shape index (κ1) is 27.3. The maximum absolute atomic E-state index is 11.9. The van der Waals surface area contributed by atoms with Gasteiger partial charge in [0.15, 0.2) is 5.96 Å². The lowest BCUT2D eigenvalue weighted by Crippen LogP contribution is -2.54. The Morgan fingerprint density at radius 2 is 1.64 bits per heavy atom. The van der Waals surface area contributed by atoms with Crippen LogP contribution in [0, 0.1) is 0 Å². The van der Waals surface area contributed by atoms with Crippen LogP contribution in [0.5, 0.6) is 5.75 Å². The Balaban J connectivity index is 0.00000385. The Morgan fingerprint density at radius 3 is 2.21 bits per heavy atom. The van der Waals surface area contributed by atoms with Crippen molar-refractivity contribution in [2.24, 2.45) is 4.99 Å². The number of hydrogen-bond donors (Lipinski definition) is 1. The largest absolute Gasteiger partial charge is 0.497 e. The molecule has 1 aromatic carbocycles. The van der Waals surface area contributed by atoms with Crippen molar-refractivity contribution in [3.8, 4) is 5.75 Å². The Hall–Kier alpha value is -1.95. The minimum absolute atomic E-state index is 0. The summed E-state index contributed by atoms with van der Waals surface area (Å²) in [5, 5.41) is 3.49. The van der Waals surface area contributed by atoms with E-state index in [0.717, 1.165) is 70.5 Å². The summed E-state index contributed by atoms with van der Waals surface area (Å²) in [5.74, 6) is 1.81. The summed E-state index contributed by atoms with van der Waals surface area (Å²) in [5.41, 5.74) is 1.26. The van der Waals surface area contributed by atoms with Gasteiger partial charge in [-0.15, -0.1) is 24.0 Å². The molecule has 1 amide bonds. The summed E-state index contributed by atoms with van der Waals surface area (Å²) in [6.45, 7) is 11.3. The van der Waals surface area contributed by atoms with Crippen molar-refractivity contribution in [3.05, 3.63) is 24.3 Å². The number of anilines is 1. The van der Waals surface area contributed by atoms with Gasteiger partial charge in [0.05, 0.1) is 13.7 Å². The lowest BCUT2D eigenvalue weighted by Gasteiger charge is -2.37. The van der Waals surface area contributed by atoms with Gasteiger partial charge in [0.25, 0.3) is 0 Å². The molecular weight excluding hydrogens is 535 g/mol. The summed E-state index contributed by atoms with van der Waals surface area (Å²) in [4.78, 5) is 25.2. The van der Waals surface area contributed by atoms with Gasteiger partial charge < -0.3 is 29.5 Å². The number of piperazine rings is 2. The van der Waals surface area contributed by atoms with E-state index in [1.807, 2.05) is 26.1 Å². The van der Waals surface area contributed by atoms with E-state index in [2.05, 4.69) is 37.1 Å². The van der Waals surface area contributed by atoms with Crippen LogP contribution in [0.15, 0.2) is 29.3 Å². The molecule has 0 spiro atoms. The second-order valence-corrected chi connectivity index (χ2v) is 8.03. The lowest BCUT2D eigenvalue weighted by atomic mass is 10.2. The molecular formula is C23H39IN6O3. The Morgan fingerprint density at radius 1 is 1.00 bits per heavy atom. The molecule has 2 aliphatic rings. The minimum Gasteiger partial charge on any atom is -0.497 e. The lowest BCUT2D eigenvalue weighted by molar-refractivity contribution is 0.0914. The zero-order valence-corrected chi connectivity index (χ0v) is 22.5. The first-order valence-corrected chi connectivity index (χ1v) is 11.6. The van der Waals surface area contributed by atoms with Crippen molar-refractivity contribution in [2.75, 3.05) is 91.1 Å². The van der Waals surface area contributed by atoms with Crippen LogP contribution in [0.3, 0.4) is 0 Å². The van der Waals surface area contributed by atoms with Crippen LogP contribution < -0.4 is 15.0 Å². The highest BCUT2D eigenvalue weighted by Crippen LogP contribution is 2.20. The fraction of sp³-hybridized carbons (Fsp3) is 0.652. The molecule has 0 atom stereocenters. The highest BCUT2D eigenvalue weighted by atomic mass is 127. The molecule has 0 aliphatic carbocycles. The van der Waals surface area contributed by atoms with Crippen LogP contribution in [-0.4, -0.2) is 113 Å². The molecule has 2 heterocycles. The molecule has 0 aromatic heterocycles. The molecule has 1 N–H and O–H groups in total. The standard InChI is InChI=1S/C23H38N6O3.HI/c1-4-32-23(30)29-18-16-28(17-19-29)22(24-2)25-10-5-11-26-12-14-27(15-13-26)20-6-8-21(31-3)9-7-20;/h6-9H,4-5,10-19H2,1-3H3,(H,24,25);1H. The zero-order valence-electron chi connectivity index (χ0n) is 20.2. The Labute approximate surface area is 215 Å². The summed E-state index contributed by atoms with van der Waals surface area (Å²) in [6.07, 6.45) is 0.854. The molecule has 0 unspecified atom stereocenters. The van der Waals surface area contributed by atoms with E-state index in [9.17, 15) is 4.79 Å². The van der Waals surface area contributed by atoms with Crippen molar-refractivity contribution in [3.63, 3.8) is 0 Å². The van der Waals surface area contributed by atoms with Gasteiger partial charge in [0, 0.05) is 71.6 Å². The smallest absolute Gasteiger partial charge is 0.409 e. The zero-order chi connectivity index (χ0) is 22.8. The van der Waals surface area contributed by atoms with Crippen LogP contribution in [0.4, 0.5) is 10.5 Å². The molecule has 9 nitrogen and oxygen atoms in total. The van der Waals surface area contributed by atoms with E-state index in [1.54, 1.807) is 12.0 Å². The number of hydrogen-bond acceptors (Lipinski definition) is 6. The second-order valence-electron chi connectivity index (χ2n) is 8.03. The number of benzene rings is 1. The first-order valence-electron chi connectivity index (χ1n) is 11.6. The number of nitrogens with one attached hydrogen (secondary N) is 1. The SMILES string of the molecule is CCOC(=O)N1CCN(C(=NC)NCCCN2CCN(c3ccc(OC)cc3)CC2)CC1.I. The van der Waals surface area contributed by atoms with E-state index >= 15 is 0 Å². The Kier molecular flexibility index (Phi) is 11.9. The quantitative estimate of drug-likeness (QED) is 0.232. The summed E-state index contributed by atoms with van der Waals surface area (Å²) in [7, 11) is 3.52. The van der Waals surface area contributed by atoms with E-state index in [-0.39, 0.29) is 30.1 Å². The highest BCUT2D eigenvalue weighted by molar-refractivity contribution is 14.0. The molecule has 10 heteroatoms. The third-order valence-corrected chi connectivity index (χ3v) is 6.06. The molecule has 186 valence electrons. The highest BCUT2D eigenvalue weighted by Gasteiger charge is 2.23. The number of rotatable bonds is 7. The number of carbonyl (C=O) groups is 1. The summed E-state index contributed by atoms with van der Waals surface area (Å²) < 4.78 is 10.3. The molecule has 3 rings (SSSR count). The molecule has 0 radical (unpaired) electrons. The van der Waals surface area contributed by atoms with Crippen LogP contribution in [-0.2, 0) is 4.74 Å². The molecule has 0 saturated carbocycles. The average molecular weight is 575 g/mol. The van der Waals surface area contributed by atoms with Gasteiger partial charge in [-0.25, -0.2) is 4.79 Å². The van der Waals surface area contributed by atoms with Crippen LogP contribution in [0.1, 0.15) is 13.3 Å². The third kappa shape index (κ3) is 8.09. The van der Waals surface area contributed by atoms with Gasteiger partial charge in [0.1, 0.15) is 5.75 Å². The first-order chi connectivity index (χ1) is 15.6. The fourth-order valence-corrected chi connectivity index (χ4v) is 4.17. The monoisotopic (exact) mass is 574 g/mol. The molecule has 0 bridgehead atoms. The van der Waals surface area contributed by atoms with Crippen LogP contribution in [0.25, 0.3) is 0 Å². The molecule has 1 aromatic rings. The number of carbonyl (C=O) groups excluding carboxylic acids is 1. The molecule has 2 fully saturated rings. The predicted molar refractivity (Wildman–Crippen MR) is 143 cm³/mol. The maximum Gasteiger partial charge on any atom is 0.409 e. The predicted octanol–water partition coefficient (Wildman–Crippen LogP) is 2.17. The number of amides is 1. The third-order valence-electron chi connectivity index (χ3n) is 6.06. The maximum atomic E-state index is 11.9. The van der Waals surface area contributed by atoms with Crippen LogP contribution in [0.2, 0.25) is 0 Å². The molecule has 33 heavy (non-hydrogen) atoms. The number of ether oxygens (including phenoxy) is 2. The van der Waals surface area contributed by atoms with Gasteiger partial charge in [-0.1, -0.05) is 0 Å². The number of methoxy groups -OCH3 is 1. The van der Waals surface area contributed by atoms with Crippen molar-refractivity contribution >= 4 is 41.7 Å². The topological polar surface area (TPSA) is 72.9 Å². The van der Waals surface area contributed by atoms with Gasteiger partial charge in [-0.3, -0.25) is 9.89 Å². The number of guanidine groups is 1. The van der Waals surface area contributed by atoms with Crippen molar-refractivity contribution in [1.29, 1.82) is 0 Å². The van der Waals surface area contributed by atoms with Crippen molar-refractivity contribution in [2.45, 2.75) is 13.3 Å². The second kappa shape index (κ2) is 14.3. The van der Waals surface area contributed by atoms with Crippen LogP contribution >= 0.6 is 24.0 Å². The normalized spacial score (nSPS) is 17.4. The summed E-state index contributed by atoms with van der Waals surface area (Å²) >= 11 is 0. The van der Waals surface area contributed by atoms with Gasteiger partial charge in [-0.05, 0) is 44.2 Å². The van der Waals surface area contributed by atoms with E-state index < -0.39 is 0 Å². The van der Waals surface area contributed by atoms with Crippen molar-refractivity contribution < 1.29 is 14.3 Å². The fourth-order valence-electron chi connectivity index (χ4n) is 4.17. The van der Waals surface area contributed by atoms with E-state index in [1.165, 1.54) is 5.69 Å². The van der Waals surface area contributed by atoms with Gasteiger partial charge in [0.2, 0.25) is 0 Å². The Bertz CT molecular complexity index is 732. The molecule has 2 aliphatic heterocycles. The number of aliphatic imine (C=N–C) groups is 1. The number of nitrogens with zero attached hydrogens (tertiary/aromatic N) is 5. The molecule has 2 saturated heterocycles. The average Bonchev–Trinajstić information content (AvgIpc) is 2.85.